The van der Waals surface area contributed by atoms with E-state index in [-0.39, 0.29) is 5.12 Å². The Hall–Kier alpha value is -0.760. The topological polar surface area (TPSA) is 17.1 Å². The molecule has 2 rings (SSSR count). The van der Waals surface area contributed by atoms with Gasteiger partial charge in [0.2, 0.25) is 5.12 Å². The molecule has 1 aliphatic carbocycles. The zero-order chi connectivity index (χ0) is 10.5. The Morgan fingerprint density at radius 3 is 2.40 bits per heavy atom. The fourth-order valence-electron chi connectivity index (χ4n) is 1.98. The Labute approximate surface area is 95.3 Å². The van der Waals surface area contributed by atoms with Crippen LogP contribution in [0, 0.1) is 0 Å². The molecule has 0 radical (unpaired) electrons. The summed E-state index contributed by atoms with van der Waals surface area (Å²) in [4.78, 5) is 11.9. The molecule has 1 saturated carbocycles. The van der Waals surface area contributed by atoms with Gasteiger partial charge in [0.05, 0.1) is 0 Å². The lowest BCUT2D eigenvalue weighted by atomic mass is 10.0. The molecule has 1 fully saturated rings. The van der Waals surface area contributed by atoms with Crippen LogP contribution in [0.25, 0.3) is 0 Å². The van der Waals surface area contributed by atoms with Gasteiger partial charge in [0.25, 0.3) is 0 Å². The number of carbonyl (C=O) groups is 1. The van der Waals surface area contributed by atoms with Crippen molar-refractivity contribution in [1.29, 1.82) is 0 Å². The van der Waals surface area contributed by atoms with Gasteiger partial charge in [-0.1, -0.05) is 61.4 Å². The van der Waals surface area contributed by atoms with Crippen molar-refractivity contribution < 1.29 is 4.79 Å². The summed E-state index contributed by atoms with van der Waals surface area (Å²) in [6, 6.07) is 9.60. The minimum Gasteiger partial charge on any atom is -0.282 e. The monoisotopic (exact) mass is 220 g/mol. The second-order valence-electron chi connectivity index (χ2n) is 4.03. The maximum absolute atomic E-state index is 11.9. The first-order valence-electron chi connectivity index (χ1n) is 5.62. The zero-order valence-electron chi connectivity index (χ0n) is 8.82. The van der Waals surface area contributed by atoms with Gasteiger partial charge >= 0.3 is 0 Å². The fourth-order valence-corrected chi connectivity index (χ4v) is 3.12. The number of thioether (sulfide) groups is 1. The molecule has 1 aliphatic rings. The van der Waals surface area contributed by atoms with E-state index < -0.39 is 0 Å². The molecule has 0 amide bonds. The van der Waals surface area contributed by atoms with Crippen LogP contribution in [0.1, 0.15) is 42.5 Å². The lowest BCUT2D eigenvalue weighted by Gasteiger charge is -2.19. The smallest absolute Gasteiger partial charge is 0.219 e. The van der Waals surface area contributed by atoms with Gasteiger partial charge < -0.3 is 0 Å². The average Bonchev–Trinajstić information content (AvgIpc) is 2.31. The molecular formula is C13H16OS. The maximum Gasteiger partial charge on any atom is 0.219 e. The molecule has 1 nitrogen and oxygen atoms in total. The number of hydrogen-bond donors (Lipinski definition) is 0. The lowest BCUT2D eigenvalue weighted by molar-refractivity contribution is 0.108. The van der Waals surface area contributed by atoms with Crippen molar-refractivity contribution in [3.05, 3.63) is 35.9 Å². The Morgan fingerprint density at radius 1 is 1.07 bits per heavy atom. The van der Waals surface area contributed by atoms with Crippen molar-refractivity contribution in [1.82, 2.24) is 0 Å². The molecule has 1 aromatic carbocycles. The lowest BCUT2D eigenvalue weighted by Crippen LogP contribution is -2.11. The Kier molecular flexibility index (Phi) is 3.84. The predicted molar refractivity (Wildman–Crippen MR) is 65.2 cm³/mol. The van der Waals surface area contributed by atoms with Gasteiger partial charge in [-0.3, -0.25) is 4.79 Å². The van der Waals surface area contributed by atoms with Crippen molar-refractivity contribution in [3.63, 3.8) is 0 Å². The van der Waals surface area contributed by atoms with E-state index in [9.17, 15) is 4.79 Å². The van der Waals surface area contributed by atoms with Crippen molar-refractivity contribution in [3.8, 4) is 0 Å². The number of carbonyl (C=O) groups excluding carboxylic acids is 1. The summed E-state index contributed by atoms with van der Waals surface area (Å²) in [6.07, 6.45) is 6.35. The molecule has 80 valence electrons. The molecule has 0 aromatic heterocycles. The Morgan fingerprint density at radius 2 is 1.73 bits per heavy atom. The maximum atomic E-state index is 11.9. The molecule has 0 unspecified atom stereocenters. The van der Waals surface area contributed by atoms with E-state index >= 15 is 0 Å². The van der Waals surface area contributed by atoms with Crippen molar-refractivity contribution >= 4 is 16.9 Å². The van der Waals surface area contributed by atoms with Crippen LogP contribution in [0.4, 0.5) is 0 Å². The van der Waals surface area contributed by atoms with E-state index in [0.29, 0.717) is 5.25 Å². The molecule has 0 saturated heterocycles. The molecule has 2 heteroatoms. The Bertz CT molecular complexity index is 315. The second-order valence-corrected chi connectivity index (χ2v) is 5.30. The van der Waals surface area contributed by atoms with Gasteiger partial charge in [0, 0.05) is 10.8 Å². The van der Waals surface area contributed by atoms with E-state index in [4.69, 9.17) is 0 Å². The SMILES string of the molecule is O=C(SC1CCCCC1)c1ccccc1. The van der Waals surface area contributed by atoms with Crippen LogP contribution in [-0.2, 0) is 0 Å². The third kappa shape index (κ3) is 3.10. The summed E-state index contributed by atoms with van der Waals surface area (Å²) in [5.74, 6) is 0. The number of benzene rings is 1. The molecule has 0 spiro atoms. The van der Waals surface area contributed by atoms with E-state index in [2.05, 4.69) is 0 Å². The number of hydrogen-bond acceptors (Lipinski definition) is 2. The van der Waals surface area contributed by atoms with Crippen LogP contribution in [0.15, 0.2) is 30.3 Å². The van der Waals surface area contributed by atoms with Crippen LogP contribution < -0.4 is 0 Å². The summed E-state index contributed by atoms with van der Waals surface area (Å²) >= 11 is 1.53. The van der Waals surface area contributed by atoms with Gasteiger partial charge in [0.15, 0.2) is 0 Å². The minimum atomic E-state index is 0.238. The molecule has 0 atom stereocenters. The summed E-state index contributed by atoms with van der Waals surface area (Å²) in [7, 11) is 0. The van der Waals surface area contributed by atoms with Crippen molar-refractivity contribution in [2.75, 3.05) is 0 Å². The summed E-state index contributed by atoms with van der Waals surface area (Å²) in [5, 5.41) is 0.800. The molecule has 0 N–H and O–H groups in total. The second kappa shape index (κ2) is 5.36. The van der Waals surface area contributed by atoms with Crippen LogP contribution in [-0.4, -0.2) is 10.4 Å². The van der Waals surface area contributed by atoms with E-state index in [1.807, 2.05) is 30.3 Å². The predicted octanol–water partition coefficient (Wildman–Crippen LogP) is 3.89. The molecule has 15 heavy (non-hydrogen) atoms. The van der Waals surface area contributed by atoms with E-state index in [1.54, 1.807) is 0 Å². The standard InChI is InChI=1S/C13H16OS/c14-13(11-7-3-1-4-8-11)15-12-9-5-2-6-10-12/h1,3-4,7-8,12H,2,5-6,9-10H2. The molecule has 0 heterocycles. The van der Waals surface area contributed by atoms with Crippen LogP contribution >= 0.6 is 11.8 Å². The van der Waals surface area contributed by atoms with Crippen molar-refractivity contribution in [2.45, 2.75) is 37.4 Å². The highest BCUT2D eigenvalue weighted by atomic mass is 32.2. The molecular weight excluding hydrogens is 204 g/mol. The van der Waals surface area contributed by atoms with E-state index in [0.717, 1.165) is 5.56 Å². The van der Waals surface area contributed by atoms with Crippen LogP contribution in [0.5, 0.6) is 0 Å². The van der Waals surface area contributed by atoms with Crippen LogP contribution in [0.2, 0.25) is 0 Å². The largest absolute Gasteiger partial charge is 0.282 e. The minimum absolute atomic E-state index is 0.238. The normalized spacial score (nSPS) is 17.6. The summed E-state index contributed by atoms with van der Waals surface area (Å²) in [6.45, 7) is 0. The third-order valence-corrected chi connectivity index (χ3v) is 4.09. The van der Waals surface area contributed by atoms with Gasteiger partial charge in [-0.2, -0.15) is 0 Å². The van der Waals surface area contributed by atoms with Crippen LogP contribution in [0.3, 0.4) is 0 Å². The van der Waals surface area contributed by atoms with Gasteiger partial charge in [-0.25, -0.2) is 0 Å². The highest BCUT2D eigenvalue weighted by Crippen LogP contribution is 2.30. The fraction of sp³-hybridized carbons (Fsp3) is 0.462. The van der Waals surface area contributed by atoms with Crippen molar-refractivity contribution in [2.24, 2.45) is 0 Å². The first kappa shape index (κ1) is 10.7. The summed E-state index contributed by atoms with van der Waals surface area (Å²) < 4.78 is 0. The first-order valence-corrected chi connectivity index (χ1v) is 6.50. The van der Waals surface area contributed by atoms with Gasteiger partial charge in [0.1, 0.15) is 0 Å². The highest BCUT2D eigenvalue weighted by Gasteiger charge is 2.18. The number of rotatable bonds is 2. The molecule has 1 aromatic rings. The summed E-state index contributed by atoms with van der Waals surface area (Å²) in [5.41, 5.74) is 0.841. The Balaban J connectivity index is 1.91. The highest BCUT2D eigenvalue weighted by molar-refractivity contribution is 8.14. The molecule has 0 bridgehead atoms. The van der Waals surface area contributed by atoms with E-state index in [1.165, 1.54) is 43.9 Å². The van der Waals surface area contributed by atoms with Gasteiger partial charge in [-0.05, 0) is 12.8 Å². The third-order valence-electron chi connectivity index (χ3n) is 2.84. The first-order chi connectivity index (χ1) is 7.36. The molecule has 0 aliphatic heterocycles. The van der Waals surface area contributed by atoms with Gasteiger partial charge in [-0.15, -0.1) is 0 Å². The quantitative estimate of drug-likeness (QED) is 0.752. The average molecular weight is 220 g/mol. The zero-order valence-corrected chi connectivity index (χ0v) is 9.63.